The minimum Gasteiger partial charge on any atom is -0.300 e. The van der Waals surface area contributed by atoms with Gasteiger partial charge in [0.25, 0.3) is 0 Å². The first-order valence-electron chi connectivity index (χ1n) is 6.27. The normalized spacial score (nSPS) is 28.7. The van der Waals surface area contributed by atoms with Gasteiger partial charge in [0.1, 0.15) is 0 Å². The Hall–Kier alpha value is -0.550. The minimum atomic E-state index is 0.415. The van der Waals surface area contributed by atoms with Gasteiger partial charge in [-0.05, 0) is 45.6 Å². The summed E-state index contributed by atoms with van der Waals surface area (Å²) in [7, 11) is 2.18. The second-order valence-electron chi connectivity index (χ2n) is 4.96. The molecule has 0 N–H and O–H groups in total. The van der Waals surface area contributed by atoms with Gasteiger partial charge < -0.3 is 0 Å². The SMILES string of the molecule is CCC1CCC(N(C)C(C)CC#N)CC1. The first kappa shape index (κ1) is 12.5. The Balaban J connectivity index is 2.36. The van der Waals surface area contributed by atoms with E-state index in [1.165, 1.54) is 32.1 Å². The number of hydrogen-bond acceptors (Lipinski definition) is 2. The standard InChI is InChI=1S/C13H24N2/c1-4-12-5-7-13(8-6-12)15(3)11(2)9-10-14/h11-13H,4-9H2,1-3H3. The van der Waals surface area contributed by atoms with Gasteiger partial charge in [0.05, 0.1) is 12.5 Å². The summed E-state index contributed by atoms with van der Waals surface area (Å²) >= 11 is 0. The van der Waals surface area contributed by atoms with Gasteiger partial charge in [0.15, 0.2) is 0 Å². The number of nitriles is 1. The highest BCUT2D eigenvalue weighted by Crippen LogP contribution is 2.29. The number of nitrogens with zero attached hydrogens (tertiary/aromatic N) is 2. The second-order valence-corrected chi connectivity index (χ2v) is 4.96. The van der Waals surface area contributed by atoms with Gasteiger partial charge in [-0.15, -0.1) is 0 Å². The molecule has 0 aromatic heterocycles. The summed E-state index contributed by atoms with van der Waals surface area (Å²) in [6.07, 6.45) is 7.40. The summed E-state index contributed by atoms with van der Waals surface area (Å²) in [5, 5.41) is 8.69. The van der Waals surface area contributed by atoms with E-state index in [1.807, 2.05) is 0 Å². The molecular weight excluding hydrogens is 184 g/mol. The fourth-order valence-electron chi connectivity index (χ4n) is 2.60. The van der Waals surface area contributed by atoms with Crippen LogP contribution in [0.2, 0.25) is 0 Å². The zero-order chi connectivity index (χ0) is 11.3. The Bertz CT molecular complexity index is 211. The molecule has 1 rings (SSSR count). The van der Waals surface area contributed by atoms with Crippen molar-refractivity contribution in [1.82, 2.24) is 4.90 Å². The fourth-order valence-corrected chi connectivity index (χ4v) is 2.60. The van der Waals surface area contributed by atoms with Crippen LogP contribution in [0.15, 0.2) is 0 Å². The Labute approximate surface area is 94.3 Å². The number of rotatable bonds is 4. The maximum absolute atomic E-state index is 8.69. The quantitative estimate of drug-likeness (QED) is 0.709. The van der Waals surface area contributed by atoms with E-state index in [2.05, 4.69) is 31.9 Å². The largest absolute Gasteiger partial charge is 0.300 e. The van der Waals surface area contributed by atoms with E-state index in [9.17, 15) is 0 Å². The second kappa shape index (κ2) is 6.12. The van der Waals surface area contributed by atoms with Crippen molar-refractivity contribution in [3.8, 4) is 6.07 Å². The molecule has 15 heavy (non-hydrogen) atoms. The molecule has 0 aromatic carbocycles. The Morgan fingerprint density at radius 3 is 2.40 bits per heavy atom. The minimum absolute atomic E-state index is 0.415. The summed E-state index contributed by atoms with van der Waals surface area (Å²) in [4.78, 5) is 2.41. The van der Waals surface area contributed by atoms with Crippen LogP contribution >= 0.6 is 0 Å². The zero-order valence-electron chi connectivity index (χ0n) is 10.4. The topological polar surface area (TPSA) is 27.0 Å². The molecule has 1 saturated carbocycles. The molecule has 1 aliphatic carbocycles. The average molecular weight is 208 g/mol. The molecule has 1 atom stereocenters. The van der Waals surface area contributed by atoms with Crippen molar-refractivity contribution in [3.05, 3.63) is 0 Å². The van der Waals surface area contributed by atoms with Crippen LogP contribution in [-0.2, 0) is 0 Å². The van der Waals surface area contributed by atoms with Crippen LogP contribution in [0.25, 0.3) is 0 Å². The first-order chi connectivity index (χ1) is 7.19. The Morgan fingerprint density at radius 1 is 1.33 bits per heavy atom. The zero-order valence-corrected chi connectivity index (χ0v) is 10.4. The molecule has 1 fully saturated rings. The van der Waals surface area contributed by atoms with Gasteiger partial charge in [0.2, 0.25) is 0 Å². The molecule has 2 nitrogen and oxygen atoms in total. The van der Waals surface area contributed by atoms with E-state index >= 15 is 0 Å². The van der Waals surface area contributed by atoms with Crippen LogP contribution in [0.3, 0.4) is 0 Å². The van der Waals surface area contributed by atoms with Crippen LogP contribution in [0.4, 0.5) is 0 Å². The van der Waals surface area contributed by atoms with Crippen molar-refractivity contribution in [2.75, 3.05) is 7.05 Å². The first-order valence-corrected chi connectivity index (χ1v) is 6.27. The third kappa shape index (κ3) is 3.50. The van der Waals surface area contributed by atoms with E-state index in [0.717, 1.165) is 12.0 Å². The fraction of sp³-hybridized carbons (Fsp3) is 0.923. The van der Waals surface area contributed by atoms with Crippen molar-refractivity contribution in [3.63, 3.8) is 0 Å². The maximum atomic E-state index is 8.69. The van der Waals surface area contributed by atoms with Crippen molar-refractivity contribution in [2.45, 2.75) is 64.5 Å². The van der Waals surface area contributed by atoms with Crippen LogP contribution in [0.1, 0.15) is 52.4 Å². The third-order valence-electron chi connectivity index (χ3n) is 4.05. The summed E-state index contributed by atoms with van der Waals surface area (Å²) in [6.45, 7) is 4.46. The van der Waals surface area contributed by atoms with E-state index in [0.29, 0.717) is 12.5 Å². The van der Waals surface area contributed by atoms with Crippen LogP contribution in [-0.4, -0.2) is 24.0 Å². The molecule has 0 aromatic rings. The lowest BCUT2D eigenvalue weighted by molar-refractivity contribution is 0.128. The molecule has 0 bridgehead atoms. The van der Waals surface area contributed by atoms with Crippen molar-refractivity contribution < 1.29 is 0 Å². The average Bonchev–Trinajstić information content (AvgIpc) is 2.28. The lowest BCUT2D eigenvalue weighted by atomic mass is 9.83. The van der Waals surface area contributed by atoms with Crippen LogP contribution in [0, 0.1) is 17.2 Å². The molecule has 0 aliphatic heterocycles. The van der Waals surface area contributed by atoms with Crippen molar-refractivity contribution in [1.29, 1.82) is 5.26 Å². The van der Waals surface area contributed by atoms with E-state index in [-0.39, 0.29) is 0 Å². The van der Waals surface area contributed by atoms with Gasteiger partial charge in [-0.1, -0.05) is 13.3 Å². The van der Waals surface area contributed by atoms with Gasteiger partial charge >= 0.3 is 0 Å². The Morgan fingerprint density at radius 2 is 1.93 bits per heavy atom. The molecule has 86 valence electrons. The molecule has 0 amide bonds. The molecule has 0 saturated heterocycles. The smallest absolute Gasteiger partial charge is 0.0638 e. The summed E-state index contributed by atoms with van der Waals surface area (Å²) in [5.74, 6) is 0.959. The number of hydrogen-bond donors (Lipinski definition) is 0. The van der Waals surface area contributed by atoms with Crippen molar-refractivity contribution in [2.24, 2.45) is 5.92 Å². The molecule has 1 aliphatic rings. The molecular formula is C13H24N2. The van der Waals surface area contributed by atoms with E-state index < -0.39 is 0 Å². The molecule has 2 heteroatoms. The van der Waals surface area contributed by atoms with Crippen LogP contribution < -0.4 is 0 Å². The maximum Gasteiger partial charge on any atom is 0.0638 e. The summed E-state index contributed by atoms with van der Waals surface area (Å²) in [5.41, 5.74) is 0. The van der Waals surface area contributed by atoms with E-state index in [4.69, 9.17) is 5.26 Å². The monoisotopic (exact) mass is 208 g/mol. The van der Waals surface area contributed by atoms with Gasteiger partial charge in [-0.25, -0.2) is 0 Å². The Kier molecular flexibility index (Phi) is 5.11. The highest BCUT2D eigenvalue weighted by atomic mass is 15.2. The van der Waals surface area contributed by atoms with Gasteiger partial charge in [-0.2, -0.15) is 5.26 Å². The van der Waals surface area contributed by atoms with Gasteiger partial charge in [0, 0.05) is 12.1 Å². The van der Waals surface area contributed by atoms with Crippen LogP contribution in [0.5, 0.6) is 0 Å². The summed E-state index contributed by atoms with van der Waals surface area (Å²) in [6, 6.07) is 3.40. The summed E-state index contributed by atoms with van der Waals surface area (Å²) < 4.78 is 0. The highest BCUT2D eigenvalue weighted by Gasteiger charge is 2.25. The predicted octanol–water partition coefficient (Wildman–Crippen LogP) is 3.19. The van der Waals surface area contributed by atoms with E-state index in [1.54, 1.807) is 0 Å². The predicted molar refractivity (Wildman–Crippen MR) is 63.5 cm³/mol. The lowest BCUT2D eigenvalue weighted by Gasteiger charge is -2.37. The molecule has 1 unspecified atom stereocenters. The highest BCUT2D eigenvalue weighted by molar-refractivity contribution is 4.84. The molecule has 0 spiro atoms. The molecule has 0 heterocycles. The van der Waals surface area contributed by atoms with Crippen molar-refractivity contribution >= 4 is 0 Å². The molecule has 0 radical (unpaired) electrons. The van der Waals surface area contributed by atoms with Gasteiger partial charge in [-0.3, -0.25) is 4.90 Å². The lowest BCUT2D eigenvalue weighted by Crippen LogP contribution is -2.40. The third-order valence-corrected chi connectivity index (χ3v) is 4.05.